The van der Waals surface area contributed by atoms with Gasteiger partial charge in [-0.3, -0.25) is 0 Å². The molecule has 0 aliphatic carbocycles. The molecule has 2 aromatic heterocycles. The molecule has 3 aromatic rings. The number of furan rings is 1. The van der Waals surface area contributed by atoms with Crippen LogP contribution in [0, 0.1) is 0 Å². The molecule has 0 saturated heterocycles. The molecule has 0 atom stereocenters. The van der Waals surface area contributed by atoms with Crippen LogP contribution in [-0.2, 0) is 6.54 Å². The second-order valence-electron chi connectivity index (χ2n) is 4.59. The van der Waals surface area contributed by atoms with Crippen LogP contribution in [0.1, 0.15) is 0 Å². The van der Waals surface area contributed by atoms with E-state index in [2.05, 4.69) is 11.1 Å². The van der Waals surface area contributed by atoms with Crippen molar-refractivity contribution in [2.24, 2.45) is 4.99 Å². The Morgan fingerprint density at radius 1 is 1.32 bits per heavy atom. The van der Waals surface area contributed by atoms with E-state index in [0.717, 1.165) is 27.7 Å². The first-order valence-electron chi connectivity index (χ1n) is 6.83. The molecule has 0 unspecified atom stereocenters. The monoisotopic (exact) mass is 312 g/mol. The fourth-order valence-corrected chi connectivity index (χ4v) is 3.03. The zero-order valence-corrected chi connectivity index (χ0v) is 13.0. The summed E-state index contributed by atoms with van der Waals surface area (Å²) in [6.45, 7) is 4.50. The number of nitrogens with zero attached hydrogens (tertiary/aromatic N) is 2. The third-order valence-corrected chi connectivity index (χ3v) is 4.04. The Morgan fingerprint density at radius 3 is 2.77 bits per heavy atom. The Bertz CT molecular complexity index is 811. The molecule has 0 aliphatic heterocycles. The fourth-order valence-electron chi connectivity index (χ4n) is 2.11. The van der Waals surface area contributed by atoms with Gasteiger partial charge in [-0.2, -0.15) is 0 Å². The maximum atomic E-state index is 5.49. The summed E-state index contributed by atoms with van der Waals surface area (Å²) in [6, 6.07) is 11.5. The standard InChI is InChI=1S/C17H16N2O2S/c1-3-10-19-15(16-5-4-11-21-16)12-22-17(19)18-13-6-8-14(20-2)9-7-13/h3-9,11-12H,1,10H2,2H3. The Morgan fingerprint density at radius 2 is 2.14 bits per heavy atom. The van der Waals surface area contributed by atoms with Crippen molar-refractivity contribution in [2.45, 2.75) is 6.54 Å². The van der Waals surface area contributed by atoms with Gasteiger partial charge in [-0.15, -0.1) is 17.9 Å². The molecular weight excluding hydrogens is 296 g/mol. The fraction of sp³-hybridized carbons (Fsp3) is 0.118. The average molecular weight is 312 g/mol. The molecule has 0 fully saturated rings. The van der Waals surface area contributed by atoms with E-state index in [1.165, 1.54) is 0 Å². The summed E-state index contributed by atoms with van der Waals surface area (Å²) in [5, 5.41) is 2.05. The van der Waals surface area contributed by atoms with Gasteiger partial charge in [0.2, 0.25) is 0 Å². The van der Waals surface area contributed by atoms with Crippen molar-refractivity contribution in [2.75, 3.05) is 7.11 Å². The van der Waals surface area contributed by atoms with Crippen LogP contribution in [0.15, 0.2) is 70.1 Å². The zero-order valence-electron chi connectivity index (χ0n) is 12.2. The lowest BCUT2D eigenvalue weighted by Crippen LogP contribution is -2.14. The van der Waals surface area contributed by atoms with Crippen LogP contribution in [0.4, 0.5) is 5.69 Å². The van der Waals surface area contributed by atoms with Crippen LogP contribution in [0.2, 0.25) is 0 Å². The van der Waals surface area contributed by atoms with E-state index < -0.39 is 0 Å². The minimum Gasteiger partial charge on any atom is -0.497 e. The molecule has 5 heteroatoms. The largest absolute Gasteiger partial charge is 0.497 e. The smallest absolute Gasteiger partial charge is 0.190 e. The van der Waals surface area contributed by atoms with Gasteiger partial charge in [-0.25, -0.2) is 4.99 Å². The Kier molecular flexibility index (Phi) is 4.25. The van der Waals surface area contributed by atoms with Crippen molar-refractivity contribution in [1.29, 1.82) is 0 Å². The van der Waals surface area contributed by atoms with Gasteiger partial charge in [0.05, 0.1) is 24.8 Å². The number of rotatable bonds is 5. The number of hydrogen-bond donors (Lipinski definition) is 0. The first-order chi connectivity index (χ1) is 10.8. The van der Waals surface area contributed by atoms with Crippen molar-refractivity contribution in [3.05, 3.63) is 65.5 Å². The molecule has 3 rings (SSSR count). The summed E-state index contributed by atoms with van der Waals surface area (Å²) in [7, 11) is 1.65. The van der Waals surface area contributed by atoms with Crippen LogP contribution >= 0.6 is 11.3 Å². The lowest BCUT2D eigenvalue weighted by molar-refractivity contribution is 0.415. The highest BCUT2D eigenvalue weighted by atomic mass is 32.1. The van der Waals surface area contributed by atoms with Gasteiger partial charge in [0.1, 0.15) is 5.75 Å². The van der Waals surface area contributed by atoms with Gasteiger partial charge in [0.15, 0.2) is 10.6 Å². The van der Waals surface area contributed by atoms with Crippen molar-refractivity contribution in [3.8, 4) is 17.2 Å². The Labute approximate surface area is 132 Å². The van der Waals surface area contributed by atoms with E-state index in [4.69, 9.17) is 14.1 Å². The highest BCUT2D eigenvalue weighted by molar-refractivity contribution is 7.07. The van der Waals surface area contributed by atoms with E-state index >= 15 is 0 Å². The minimum atomic E-state index is 0.675. The molecule has 112 valence electrons. The summed E-state index contributed by atoms with van der Waals surface area (Å²) < 4.78 is 12.7. The lowest BCUT2D eigenvalue weighted by atomic mass is 10.3. The van der Waals surface area contributed by atoms with Crippen molar-refractivity contribution < 1.29 is 9.15 Å². The van der Waals surface area contributed by atoms with Gasteiger partial charge in [0.25, 0.3) is 0 Å². The third kappa shape index (κ3) is 2.89. The third-order valence-electron chi connectivity index (χ3n) is 3.18. The predicted molar refractivity (Wildman–Crippen MR) is 88.4 cm³/mol. The highest BCUT2D eigenvalue weighted by Crippen LogP contribution is 2.22. The van der Waals surface area contributed by atoms with Crippen molar-refractivity contribution >= 4 is 17.0 Å². The molecule has 0 spiro atoms. The average Bonchev–Trinajstić information content (AvgIpc) is 3.19. The molecular formula is C17H16N2O2S. The topological polar surface area (TPSA) is 39.7 Å². The van der Waals surface area contributed by atoms with Crippen LogP contribution in [0.25, 0.3) is 11.5 Å². The molecule has 1 aromatic carbocycles. The number of benzene rings is 1. The molecule has 4 nitrogen and oxygen atoms in total. The lowest BCUT2D eigenvalue weighted by Gasteiger charge is -2.04. The molecule has 22 heavy (non-hydrogen) atoms. The summed E-state index contributed by atoms with van der Waals surface area (Å²) in [4.78, 5) is 5.60. The van der Waals surface area contributed by atoms with Crippen LogP contribution in [-0.4, -0.2) is 11.7 Å². The van der Waals surface area contributed by atoms with Crippen LogP contribution < -0.4 is 9.54 Å². The first kappa shape index (κ1) is 14.4. The van der Waals surface area contributed by atoms with Crippen LogP contribution in [0.3, 0.4) is 0 Å². The quantitative estimate of drug-likeness (QED) is 0.661. The van der Waals surface area contributed by atoms with Gasteiger partial charge >= 0.3 is 0 Å². The number of hydrogen-bond acceptors (Lipinski definition) is 4. The second-order valence-corrected chi connectivity index (χ2v) is 5.43. The number of allylic oxidation sites excluding steroid dienone is 1. The number of ether oxygens (including phenoxy) is 1. The number of thiazole rings is 1. The van der Waals surface area contributed by atoms with Gasteiger partial charge in [-0.05, 0) is 36.4 Å². The van der Waals surface area contributed by atoms with Crippen LogP contribution in [0.5, 0.6) is 5.75 Å². The van der Waals surface area contributed by atoms with E-state index in [1.807, 2.05) is 47.9 Å². The molecule has 0 saturated carbocycles. The highest BCUT2D eigenvalue weighted by Gasteiger charge is 2.09. The summed E-state index contributed by atoms with van der Waals surface area (Å²) in [6.07, 6.45) is 3.53. The number of methoxy groups -OCH3 is 1. The van der Waals surface area contributed by atoms with E-state index in [9.17, 15) is 0 Å². The van der Waals surface area contributed by atoms with Crippen molar-refractivity contribution in [3.63, 3.8) is 0 Å². The van der Waals surface area contributed by atoms with E-state index in [-0.39, 0.29) is 0 Å². The molecule has 0 N–H and O–H groups in total. The maximum Gasteiger partial charge on any atom is 0.190 e. The Hall–Kier alpha value is -2.53. The van der Waals surface area contributed by atoms with Crippen molar-refractivity contribution in [1.82, 2.24) is 4.57 Å². The maximum absolute atomic E-state index is 5.49. The minimum absolute atomic E-state index is 0.675. The van der Waals surface area contributed by atoms with E-state index in [1.54, 1.807) is 24.7 Å². The van der Waals surface area contributed by atoms with Gasteiger partial charge < -0.3 is 13.7 Å². The molecule has 0 amide bonds. The summed E-state index contributed by atoms with van der Waals surface area (Å²) in [5.74, 6) is 1.65. The molecule has 0 bridgehead atoms. The SMILES string of the molecule is C=CCn1c(-c2ccco2)csc1=Nc1ccc(OC)cc1. The molecule has 0 aliphatic rings. The zero-order chi connectivity index (χ0) is 15.4. The van der Waals surface area contributed by atoms with Gasteiger partial charge in [0, 0.05) is 11.9 Å². The van der Waals surface area contributed by atoms with Gasteiger partial charge in [-0.1, -0.05) is 6.08 Å². The summed E-state index contributed by atoms with van der Waals surface area (Å²) >= 11 is 1.58. The molecule has 2 heterocycles. The predicted octanol–water partition coefficient (Wildman–Crippen LogP) is 4.24. The first-order valence-corrected chi connectivity index (χ1v) is 7.71. The summed E-state index contributed by atoms with van der Waals surface area (Å²) in [5.41, 5.74) is 1.88. The normalized spacial score (nSPS) is 11.6. The number of aromatic nitrogens is 1. The van der Waals surface area contributed by atoms with E-state index in [0.29, 0.717) is 6.54 Å². The second kappa shape index (κ2) is 6.49. The molecule has 0 radical (unpaired) electrons. The Balaban J connectivity index is 2.05.